The van der Waals surface area contributed by atoms with Gasteiger partial charge in [-0.05, 0) is 36.3 Å². The molecule has 0 bridgehead atoms. The van der Waals surface area contributed by atoms with E-state index in [1.165, 1.54) is 6.42 Å². The number of carboxylic acid groups (broad SMARTS) is 1. The summed E-state index contributed by atoms with van der Waals surface area (Å²) >= 11 is 0. The SMILES string of the molecule is CC1(c2cc(CCC(=O)O)cc(C(=O)c3ccccc3)c2O)CCCCC1. The van der Waals surface area contributed by atoms with Crippen LogP contribution in [0.2, 0.25) is 0 Å². The molecule has 3 rings (SSSR count). The summed E-state index contributed by atoms with van der Waals surface area (Å²) in [6.07, 6.45) is 5.64. The maximum atomic E-state index is 13.0. The number of hydrogen-bond donors (Lipinski definition) is 2. The molecule has 2 aromatic carbocycles. The third-order valence-electron chi connectivity index (χ3n) is 5.69. The van der Waals surface area contributed by atoms with Crippen molar-refractivity contribution in [2.75, 3.05) is 0 Å². The number of phenols is 1. The van der Waals surface area contributed by atoms with Gasteiger partial charge in [-0.3, -0.25) is 9.59 Å². The number of hydrogen-bond acceptors (Lipinski definition) is 3. The summed E-state index contributed by atoms with van der Waals surface area (Å²) in [4.78, 5) is 24.0. The maximum absolute atomic E-state index is 13.0. The van der Waals surface area contributed by atoms with E-state index >= 15 is 0 Å². The highest BCUT2D eigenvalue weighted by atomic mass is 16.4. The van der Waals surface area contributed by atoms with E-state index in [0.717, 1.165) is 36.8 Å². The molecule has 1 aliphatic rings. The predicted octanol–water partition coefficient (Wildman–Crippen LogP) is 4.86. The molecule has 1 aliphatic carbocycles. The fourth-order valence-corrected chi connectivity index (χ4v) is 4.07. The van der Waals surface area contributed by atoms with Crippen molar-refractivity contribution >= 4 is 11.8 Å². The van der Waals surface area contributed by atoms with Crippen LogP contribution in [0.1, 0.15) is 72.5 Å². The van der Waals surface area contributed by atoms with Crippen LogP contribution in [0.4, 0.5) is 0 Å². The lowest BCUT2D eigenvalue weighted by Crippen LogP contribution is -2.26. The molecule has 27 heavy (non-hydrogen) atoms. The summed E-state index contributed by atoms with van der Waals surface area (Å²) < 4.78 is 0. The molecule has 1 saturated carbocycles. The van der Waals surface area contributed by atoms with Gasteiger partial charge in [0.05, 0.1) is 5.56 Å². The number of aliphatic carboxylic acids is 1. The van der Waals surface area contributed by atoms with Crippen LogP contribution in [0.25, 0.3) is 0 Å². The number of aromatic hydroxyl groups is 1. The monoisotopic (exact) mass is 366 g/mol. The number of carboxylic acids is 1. The summed E-state index contributed by atoms with van der Waals surface area (Å²) in [5.74, 6) is -1.05. The Morgan fingerprint density at radius 3 is 2.33 bits per heavy atom. The first-order valence-electron chi connectivity index (χ1n) is 9.59. The first-order valence-corrected chi connectivity index (χ1v) is 9.59. The van der Waals surface area contributed by atoms with Gasteiger partial charge in [0.2, 0.25) is 0 Å². The minimum Gasteiger partial charge on any atom is -0.507 e. The molecule has 0 radical (unpaired) electrons. The van der Waals surface area contributed by atoms with Crippen LogP contribution in [0.3, 0.4) is 0 Å². The summed E-state index contributed by atoms with van der Waals surface area (Å²) in [6, 6.07) is 12.5. The van der Waals surface area contributed by atoms with Crippen LogP contribution in [-0.4, -0.2) is 22.0 Å². The fraction of sp³-hybridized carbons (Fsp3) is 0.391. The Morgan fingerprint density at radius 1 is 1.04 bits per heavy atom. The molecule has 0 aromatic heterocycles. The van der Waals surface area contributed by atoms with E-state index in [-0.39, 0.29) is 28.9 Å². The molecular weight excluding hydrogens is 340 g/mol. The lowest BCUT2D eigenvalue weighted by atomic mass is 9.69. The Morgan fingerprint density at radius 2 is 1.70 bits per heavy atom. The summed E-state index contributed by atoms with van der Waals surface area (Å²) in [7, 11) is 0. The average molecular weight is 366 g/mol. The molecule has 0 heterocycles. The smallest absolute Gasteiger partial charge is 0.303 e. The molecule has 0 saturated heterocycles. The van der Waals surface area contributed by atoms with Crippen LogP contribution >= 0.6 is 0 Å². The van der Waals surface area contributed by atoms with E-state index in [1.54, 1.807) is 30.3 Å². The zero-order valence-electron chi connectivity index (χ0n) is 15.7. The van der Waals surface area contributed by atoms with Gasteiger partial charge in [0, 0.05) is 17.5 Å². The van der Waals surface area contributed by atoms with Gasteiger partial charge < -0.3 is 10.2 Å². The number of phenolic OH excluding ortho intramolecular Hbond substituents is 1. The Kier molecular flexibility index (Phi) is 5.64. The van der Waals surface area contributed by atoms with Crippen molar-refractivity contribution in [2.24, 2.45) is 0 Å². The van der Waals surface area contributed by atoms with E-state index in [2.05, 4.69) is 6.92 Å². The van der Waals surface area contributed by atoms with Gasteiger partial charge in [0.25, 0.3) is 0 Å². The fourth-order valence-electron chi connectivity index (χ4n) is 4.07. The van der Waals surface area contributed by atoms with Gasteiger partial charge >= 0.3 is 5.97 Å². The van der Waals surface area contributed by atoms with Gasteiger partial charge in [-0.2, -0.15) is 0 Å². The average Bonchev–Trinajstić information content (AvgIpc) is 2.67. The summed E-state index contributed by atoms with van der Waals surface area (Å²) in [5.41, 5.74) is 2.17. The Bertz CT molecular complexity index is 833. The number of benzene rings is 2. The molecular formula is C23H26O4. The maximum Gasteiger partial charge on any atom is 0.303 e. The van der Waals surface area contributed by atoms with Crippen LogP contribution in [0, 0.1) is 0 Å². The lowest BCUT2D eigenvalue weighted by molar-refractivity contribution is -0.136. The van der Waals surface area contributed by atoms with Crippen LogP contribution in [0.15, 0.2) is 42.5 Å². The molecule has 4 nitrogen and oxygen atoms in total. The van der Waals surface area contributed by atoms with E-state index in [1.807, 2.05) is 12.1 Å². The molecule has 142 valence electrons. The van der Waals surface area contributed by atoms with Crippen LogP contribution < -0.4 is 0 Å². The van der Waals surface area contributed by atoms with Gasteiger partial charge in [-0.1, -0.05) is 62.6 Å². The molecule has 4 heteroatoms. The molecule has 0 atom stereocenters. The van der Waals surface area contributed by atoms with E-state index < -0.39 is 5.97 Å². The molecule has 0 amide bonds. The van der Waals surface area contributed by atoms with Crippen molar-refractivity contribution in [1.29, 1.82) is 0 Å². The van der Waals surface area contributed by atoms with Crippen LogP contribution in [0.5, 0.6) is 5.75 Å². The van der Waals surface area contributed by atoms with Crippen molar-refractivity contribution in [3.8, 4) is 5.75 Å². The predicted molar refractivity (Wildman–Crippen MR) is 104 cm³/mol. The number of ketones is 1. The summed E-state index contributed by atoms with van der Waals surface area (Å²) in [5, 5.41) is 20.0. The largest absolute Gasteiger partial charge is 0.507 e. The highest BCUT2D eigenvalue weighted by Gasteiger charge is 2.33. The van der Waals surface area contributed by atoms with Gasteiger partial charge in [-0.25, -0.2) is 0 Å². The highest BCUT2D eigenvalue weighted by Crippen LogP contribution is 2.44. The second-order valence-corrected chi connectivity index (χ2v) is 7.75. The normalized spacial score (nSPS) is 16.0. The zero-order chi connectivity index (χ0) is 19.4. The molecule has 0 aliphatic heterocycles. The highest BCUT2D eigenvalue weighted by molar-refractivity contribution is 6.11. The first kappa shape index (κ1) is 19.2. The summed E-state index contributed by atoms with van der Waals surface area (Å²) in [6.45, 7) is 2.14. The lowest BCUT2D eigenvalue weighted by Gasteiger charge is -2.35. The van der Waals surface area contributed by atoms with E-state index in [4.69, 9.17) is 5.11 Å². The van der Waals surface area contributed by atoms with Gasteiger partial charge in [0.15, 0.2) is 5.78 Å². The second-order valence-electron chi connectivity index (χ2n) is 7.75. The van der Waals surface area contributed by atoms with Crippen molar-refractivity contribution in [2.45, 2.75) is 57.3 Å². The minimum atomic E-state index is -0.871. The zero-order valence-corrected chi connectivity index (χ0v) is 15.7. The van der Waals surface area contributed by atoms with E-state index in [0.29, 0.717) is 12.0 Å². The van der Waals surface area contributed by atoms with E-state index in [9.17, 15) is 14.7 Å². The quantitative estimate of drug-likeness (QED) is 0.716. The number of rotatable bonds is 6. The third-order valence-corrected chi connectivity index (χ3v) is 5.69. The molecule has 0 unspecified atom stereocenters. The third kappa shape index (κ3) is 4.21. The van der Waals surface area contributed by atoms with Crippen molar-refractivity contribution in [3.05, 3.63) is 64.7 Å². The van der Waals surface area contributed by atoms with Crippen molar-refractivity contribution < 1.29 is 19.8 Å². The molecule has 2 N–H and O–H groups in total. The topological polar surface area (TPSA) is 74.6 Å². The second kappa shape index (κ2) is 7.95. The van der Waals surface area contributed by atoms with Gasteiger partial charge in [0.1, 0.15) is 5.75 Å². The number of carbonyl (C=O) groups excluding carboxylic acids is 1. The number of aryl methyl sites for hydroxylation is 1. The van der Waals surface area contributed by atoms with Crippen molar-refractivity contribution in [1.82, 2.24) is 0 Å². The number of carbonyl (C=O) groups is 2. The molecule has 2 aromatic rings. The Hall–Kier alpha value is -2.62. The minimum absolute atomic E-state index is 0.000102. The standard InChI is InChI=1S/C23H26O4/c1-23(12-6-3-7-13-23)19-15-16(10-11-20(24)25)14-18(22(19)27)21(26)17-8-4-2-5-9-17/h2,4-5,8-9,14-15,27H,3,6-7,10-13H2,1H3,(H,24,25). The molecule has 0 spiro atoms. The van der Waals surface area contributed by atoms with Crippen molar-refractivity contribution in [3.63, 3.8) is 0 Å². The molecule has 1 fully saturated rings. The Balaban J connectivity index is 2.08. The van der Waals surface area contributed by atoms with Crippen LogP contribution in [-0.2, 0) is 16.6 Å². The van der Waals surface area contributed by atoms with Gasteiger partial charge in [-0.15, -0.1) is 0 Å². The first-order chi connectivity index (χ1) is 12.9. The Labute approximate surface area is 159 Å².